The van der Waals surface area contributed by atoms with Gasteiger partial charge in [-0.2, -0.15) is 4.98 Å². The summed E-state index contributed by atoms with van der Waals surface area (Å²) in [6.45, 7) is 7.27. The van der Waals surface area contributed by atoms with E-state index in [9.17, 15) is 0 Å². The molecule has 1 N–H and O–H groups in total. The molecule has 0 bridgehead atoms. The van der Waals surface area contributed by atoms with Crippen LogP contribution in [0.4, 0.5) is 0 Å². The Bertz CT molecular complexity index is 494. The zero-order valence-electron chi connectivity index (χ0n) is 11.1. The fourth-order valence-electron chi connectivity index (χ4n) is 2.12. The minimum atomic E-state index is 0.327. The van der Waals surface area contributed by atoms with Crippen LogP contribution in [0.1, 0.15) is 35.5 Å². The Morgan fingerprint density at radius 1 is 1.33 bits per heavy atom. The third-order valence-corrected chi connectivity index (χ3v) is 3.09. The van der Waals surface area contributed by atoms with E-state index in [1.165, 1.54) is 23.0 Å². The van der Waals surface area contributed by atoms with Crippen LogP contribution in [0.5, 0.6) is 0 Å². The molecule has 1 heterocycles. The second-order valence-electron chi connectivity index (χ2n) is 4.62. The first kappa shape index (κ1) is 12.8. The number of benzene rings is 1. The molecule has 0 spiro atoms. The molecular formula is C14H19N3O. The third kappa shape index (κ3) is 3.17. The van der Waals surface area contributed by atoms with Crippen LogP contribution in [0.15, 0.2) is 29.0 Å². The second kappa shape index (κ2) is 5.78. The van der Waals surface area contributed by atoms with Crippen molar-refractivity contribution in [2.45, 2.75) is 33.2 Å². The van der Waals surface area contributed by atoms with Crippen molar-refractivity contribution in [1.82, 2.24) is 15.5 Å². The molecule has 1 aromatic heterocycles. The van der Waals surface area contributed by atoms with Crippen LogP contribution < -0.4 is 5.32 Å². The van der Waals surface area contributed by atoms with Crippen molar-refractivity contribution in [3.8, 4) is 0 Å². The predicted molar refractivity (Wildman–Crippen MR) is 70.3 cm³/mol. The van der Waals surface area contributed by atoms with E-state index in [0.717, 1.165) is 13.0 Å². The highest BCUT2D eigenvalue weighted by Crippen LogP contribution is 2.18. The van der Waals surface area contributed by atoms with Crippen LogP contribution >= 0.6 is 0 Å². The second-order valence-corrected chi connectivity index (χ2v) is 4.62. The SMILES string of the molecule is Cc1ccc(C(C)NCCc2ncno2)c(C)c1. The van der Waals surface area contributed by atoms with E-state index in [1.807, 2.05) is 0 Å². The molecule has 0 saturated heterocycles. The quantitative estimate of drug-likeness (QED) is 0.879. The van der Waals surface area contributed by atoms with Gasteiger partial charge in [-0.05, 0) is 31.9 Å². The van der Waals surface area contributed by atoms with E-state index in [-0.39, 0.29) is 0 Å². The Labute approximate surface area is 107 Å². The van der Waals surface area contributed by atoms with Crippen molar-refractivity contribution in [3.05, 3.63) is 47.1 Å². The summed E-state index contributed by atoms with van der Waals surface area (Å²) in [5.74, 6) is 0.676. The van der Waals surface area contributed by atoms with Crippen molar-refractivity contribution in [1.29, 1.82) is 0 Å². The first-order valence-corrected chi connectivity index (χ1v) is 6.23. The molecule has 0 aliphatic rings. The predicted octanol–water partition coefficient (Wildman–Crippen LogP) is 2.58. The van der Waals surface area contributed by atoms with Gasteiger partial charge in [0, 0.05) is 19.0 Å². The number of aryl methyl sites for hydroxylation is 2. The lowest BCUT2D eigenvalue weighted by atomic mass is 10.0. The molecule has 0 aliphatic heterocycles. The summed E-state index contributed by atoms with van der Waals surface area (Å²) in [6.07, 6.45) is 2.19. The van der Waals surface area contributed by atoms with Gasteiger partial charge in [-0.3, -0.25) is 0 Å². The lowest BCUT2D eigenvalue weighted by Crippen LogP contribution is -2.22. The van der Waals surface area contributed by atoms with E-state index in [1.54, 1.807) is 0 Å². The Morgan fingerprint density at radius 3 is 2.83 bits per heavy atom. The third-order valence-electron chi connectivity index (χ3n) is 3.09. The highest BCUT2D eigenvalue weighted by Gasteiger charge is 2.08. The molecule has 96 valence electrons. The Kier molecular flexibility index (Phi) is 4.10. The summed E-state index contributed by atoms with van der Waals surface area (Å²) in [5.41, 5.74) is 3.97. The van der Waals surface area contributed by atoms with Gasteiger partial charge in [0.05, 0.1) is 0 Å². The van der Waals surface area contributed by atoms with Crippen molar-refractivity contribution in [3.63, 3.8) is 0 Å². The zero-order chi connectivity index (χ0) is 13.0. The fourth-order valence-corrected chi connectivity index (χ4v) is 2.12. The summed E-state index contributed by atoms with van der Waals surface area (Å²) >= 11 is 0. The van der Waals surface area contributed by atoms with Crippen LogP contribution in [0.3, 0.4) is 0 Å². The average Bonchev–Trinajstić information content (AvgIpc) is 2.81. The first-order valence-electron chi connectivity index (χ1n) is 6.23. The molecule has 0 amide bonds. The van der Waals surface area contributed by atoms with Gasteiger partial charge < -0.3 is 9.84 Å². The number of aromatic nitrogens is 2. The summed E-state index contributed by atoms with van der Waals surface area (Å²) in [6, 6.07) is 6.88. The van der Waals surface area contributed by atoms with Crippen LogP contribution in [0, 0.1) is 13.8 Å². The maximum Gasteiger partial charge on any atom is 0.227 e. The van der Waals surface area contributed by atoms with Gasteiger partial charge in [0.25, 0.3) is 0 Å². The molecule has 4 heteroatoms. The van der Waals surface area contributed by atoms with Crippen LogP contribution in [0.2, 0.25) is 0 Å². The van der Waals surface area contributed by atoms with Gasteiger partial charge in [-0.15, -0.1) is 0 Å². The fraction of sp³-hybridized carbons (Fsp3) is 0.429. The minimum Gasteiger partial charge on any atom is -0.340 e. The van der Waals surface area contributed by atoms with Gasteiger partial charge in [0.15, 0.2) is 6.33 Å². The van der Waals surface area contributed by atoms with E-state index in [2.05, 4.69) is 54.4 Å². The highest BCUT2D eigenvalue weighted by atomic mass is 16.5. The van der Waals surface area contributed by atoms with Gasteiger partial charge in [0.1, 0.15) is 0 Å². The summed E-state index contributed by atoms with van der Waals surface area (Å²) < 4.78 is 4.96. The highest BCUT2D eigenvalue weighted by molar-refractivity contribution is 5.32. The molecule has 0 fully saturated rings. The van der Waals surface area contributed by atoms with Crippen molar-refractivity contribution in [2.24, 2.45) is 0 Å². The van der Waals surface area contributed by atoms with Gasteiger partial charge in [-0.25, -0.2) is 0 Å². The van der Waals surface area contributed by atoms with E-state index >= 15 is 0 Å². The Balaban J connectivity index is 1.89. The molecule has 2 rings (SSSR count). The van der Waals surface area contributed by atoms with Crippen LogP contribution in [-0.4, -0.2) is 16.7 Å². The molecule has 1 atom stereocenters. The van der Waals surface area contributed by atoms with Crippen molar-refractivity contribution < 1.29 is 4.52 Å². The molecule has 0 aliphatic carbocycles. The smallest absolute Gasteiger partial charge is 0.227 e. The normalized spacial score (nSPS) is 12.6. The molecule has 0 saturated carbocycles. The summed E-state index contributed by atoms with van der Waals surface area (Å²) in [5, 5.41) is 7.06. The van der Waals surface area contributed by atoms with Gasteiger partial charge in [-0.1, -0.05) is 28.9 Å². The number of nitrogens with one attached hydrogen (secondary N) is 1. The maximum atomic E-state index is 4.96. The average molecular weight is 245 g/mol. The van der Waals surface area contributed by atoms with Crippen molar-refractivity contribution in [2.75, 3.05) is 6.54 Å². The van der Waals surface area contributed by atoms with Crippen molar-refractivity contribution >= 4 is 0 Å². The largest absolute Gasteiger partial charge is 0.340 e. The van der Waals surface area contributed by atoms with E-state index in [4.69, 9.17) is 4.52 Å². The topological polar surface area (TPSA) is 51.0 Å². The van der Waals surface area contributed by atoms with Gasteiger partial charge >= 0.3 is 0 Å². The molecule has 0 radical (unpaired) electrons. The summed E-state index contributed by atoms with van der Waals surface area (Å²) in [4.78, 5) is 4.00. The number of hydrogen-bond donors (Lipinski definition) is 1. The molecule has 1 unspecified atom stereocenters. The zero-order valence-corrected chi connectivity index (χ0v) is 11.1. The number of nitrogens with zero attached hydrogens (tertiary/aromatic N) is 2. The molecule has 18 heavy (non-hydrogen) atoms. The lowest BCUT2D eigenvalue weighted by molar-refractivity contribution is 0.372. The molecule has 4 nitrogen and oxygen atoms in total. The molecule has 1 aromatic carbocycles. The van der Waals surface area contributed by atoms with Crippen LogP contribution in [0.25, 0.3) is 0 Å². The van der Waals surface area contributed by atoms with Gasteiger partial charge in [0.2, 0.25) is 5.89 Å². The first-order chi connectivity index (χ1) is 8.66. The maximum absolute atomic E-state index is 4.96. The Hall–Kier alpha value is -1.68. The minimum absolute atomic E-state index is 0.327. The van der Waals surface area contributed by atoms with E-state index in [0.29, 0.717) is 11.9 Å². The molecule has 2 aromatic rings. The number of hydrogen-bond acceptors (Lipinski definition) is 4. The Morgan fingerprint density at radius 2 is 2.17 bits per heavy atom. The lowest BCUT2D eigenvalue weighted by Gasteiger charge is -2.16. The standard InChI is InChI=1S/C14H19N3O/c1-10-4-5-13(11(2)8-10)12(3)15-7-6-14-16-9-17-18-14/h4-5,8-9,12,15H,6-7H2,1-3H3. The monoisotopic (exact) mass is 245 g/mol. The van der Waals surface area contributed by atoms with E-state index < -0.39 is 0 Å². The van der Waals surface area contributed by atoms with Crippen LogP contribution in [-0.2, 0) is 6.42 Å². The molecular weight excluding hydrogens is 226 g/mol. The summed E-state index contributed by atoms with van der Waals surface area (Å²) in [7, 11) is 0. The number of rotatable bonds is 5.